The predicted molar refractivity (Wildman–Crippen MR) is 72.8 cm³/mol. The molecule has 2 rings (SSSR count). The molecule has 0 radical (unpaired) electrons. The smallest absolute Gasteiger partial charge is 0.122 e. The van der Waals surface area contributed by atoms with E-state index in [4.69, 9.17) is 9.47 Å². The summed E-state index contributed by atoms with van der Waals surface area (Å²) in [6.45, 7) is 5.23. The molecule has 1 unspecified atom stereocenters. The second kappa shape index (κ2) is 7.19. The molecule has 0 bridgehead atoms. The van der Waals surface area contributed by atoms with Crippen LogP contribution in [0.5, 0.6) is 0 Å². The molecule has 0 amide bonds. The SMILES string of the molecule is CCOC(c1nc(CNCCOC)cs1)C1CC1. The minimum absolute atomic E-state index is 0.229. The van der Waals surface area contributed by atoms with Gasteiger partial charge in [0.05, 0.1) is 12.3 Å². The standard InChI is InChI=1S/C13H22N2O2S/c1-3-17-12(10-4-5-10)13-15-11(9-18-13)8-14-6-7-16-2/h9-10,12,14H,3-8H2,1-2H3. The van der Waals surface area contributed by atoms with Crippen molar-refractivity contribution in [2.75, 3.05) is 26.9 Å². The van der Waals surface area contributed by atoms with Crippen molar-refractivity contribution < 1.29 is 9.47 Å². The number of nitrogens with one attached hydrogen (secondary N) is 1. The second-order valence-electron chi connectivity index (χ2n) is 4.56. The van der Waals surface area contributed by atoms with Gasteiger partial charge in [-0.15, -0.1) is 11.3 Å². The van der Waals surface area contributed by atoms with Gasteiger partial charge in [-0.05, 0) is 25.7 Å². The van der Waals surface area contributed by atoms with E-state index in [2.05, 4.69) is 22.6 Å². The van der Waals surface area contributed by atoms with Gasteiger partial charge in [-0.25, -0.2) is 4.98 Å². The number of rotatable bonds is 9. The zero-order valence-electron chi connectivity index (χ0n) is 11.1. The maximum atomic E-state index is 5.82. The van der Waals surface area contributed by atoms with E-state index in [0.717, 1.165) is 37.0 Å². The molecular weight excluding hydrogens is 248 g/mol. The Bertz CT molecular complexity index is 353. The highest BCUT2D eigenvalue weighted by Gasteiger charge is 2.34. The van der Waals surface area contributed by atoms with Crippen molar-refractivity contribution in [2.24, 2.45) is 5.92 Å². The molecule has 1 aromatic heterocycles. The molecule has 0 spiro atoms. The molecule has 4 nitrogen and oxygen atoms in total. The summed E-state index contributed by atoms with van der Waals surface area (Å²) in [6, 6.07) is 0. The summed E-state index contributed by atoms with van der Waals surface area (Å²) >= 11 is 1.72. The van der Waals surface area contributed by atoms with E-state index < -0.39 is 0 Å². The zero-order chi connectivity index (χ0) is 12.8. The molecule has 1 N–H and O–H groups in total. The van der Waals surface area contributed by atoms with E-state index in [1.165, 1.54) is 12.8 Å². The number of nitrogens with zero attached hydrogens (tertiary/aromatic N) is 1. The Kier molecular flexibility index (Phi) is 5.56. The van der Waals surface area contributed by atoms with Gasteiger partial charge in [-0.2, -0.15) is 0 Å². The summed E-state index contributed by atoms with van der Waals surface area (Å²) in [4.78, 5) is 4.68. The van der Waals surface area contributed by atoms with Crippen molar-refractivity contribution in [2.45, 2.75) is 32.4 Å². The van der Waals surface area contributed by atoms with Crippen LogP contribution in [0.3, 0.4) is 0 Å². The third kappa shape index (κ3) is 4.02. The molecule has 0 aromatic carbocycles. The molecule has 5 heteroatoms. The third-order valence-electron chi connectivity index (χ3n) is 3.00. The Balaban J connectivity index is 1.83. The molecule has 1 aromatic rings. The van der Waals surface area contributed by atoms with Crippen molar-refractivity contribution in [3.8, 4) is 0 Å². The van der Waals surface area contributed by atoms with Gasteiger partial charge in [0.15, 0.2) is 0 Å². The van der Waals surface area contributed by atoms with Gasteiger partial charge >= 0.3 is 0 Å². The summed E-state index contributed by atoms with van der Waals surface area (Å²) in [6.07, 6.45) is 2.80. The average molecular weight is 270 g/mol. The van der Waals surface area contributed by atoms with Crippen molar-refractivity contribution in [1.29, 1.82) is 0 Å². The van der Waals surface area contributed by atoms with E-state index >= 15 is 0 Å². The first-order chi connectivity index (χ1) is 8.85. The number of ether oxygens (including phenoxy) is 2. The molecule has 0 aliphatic heterocycles. The van der Waals surface area contributed by atoms with Crippen LogP contribution in [0.4, 0.5) is 0 Å². The van der Waals surface area contributed by atoms with Crippen LogP contribution in [0, 0.1) is 5.92 Å². The topological polar surface area (TPSA) is 43.4 Å². The highest BCUT2D eigenvalue weighted by atomic mass is 32.1. The average Bonchev–Trinajstić information content (AvgIpc) is 3.11. The van der Waals surface area contributed by atoms with Gasteiger partial charge in [0.2, 0.25) is 0 Å². The lowest BCUT2D eigenvalue weighted by Crippen LogP contribution is -2.18. The molecule has 18 heavy (non-hydrogen) atoms. The second-order valence-corrected chi connectivity index (χ2v) is 5.45. The molecule has 1 heterocycles. The molecule has 1 fully saturated rings. The van der Waals surface area contributed by atoms with Gasteiger partial charge in [-0.1, -0.05) is 0 Å². The van der Waals surface area contributed by atoms with Crippen LogP contribution < -0.4 is 5.32 Å². The Morgan fingerprint density at radius 1 is 1.56 bits per heavy atom. The maximum absolute atomic E-state index is 5.82. The molecule has 1 aliphatic carbocycles. The Hall–Kier alpha value is -0.490. The zero-order valence-corrected chi connectivity index (χ0v) is 12.0. The lowest BCUT2D eigenvalue weighted by molar-refractivity contribution is 0.0461. The predicted octanol–water partition coefficient (Wildman–Crippen LogP) is 2.37. The van der Waals surface area contributed by atoms with Crippen molar-refractivity contribution in [3.05, 3.63) is 16.1 Å². The van der Waals surface area contributed by atoms with Crippen LogP contribution in [0.2, 0.25) is 0 Å². The first-order valence-corrected chi connectivity index (χ1v) is 7.48. The summed E-state index contributed by atoms with van der Waals surface area (Å²) < 4.78 is 10.8. The third-order valence-corrected chi connectivity index (χ3v) is 3.95. The number of hydrogen-bond acceptors (Lipinski definition) is 5. The van der Waals surface area contributed by atoms with E-state index in [0.29, 0.717) is 5.92 Å². The number of thiazole rings is 1. The normalized spacial score (nSPS) is 17.0. The van der Waals surface area contributed by atoms with Gasteiger partial charge in [-0.3, -0.25) is 0 Å². The molecule has 1 saturated carbocycles. The Morgan fingerprint density at radius 2 is 2.39 bits per heavy atom. The molecule has 1 aliphatic rings. The highest BCUT2D eigenvalue weighted by Crippen LogP contribution is 2.44. The molecule has 1 atom stereocenters. The summed E-state index contributed by atoms with van der Waals surface area (Å²) in [5.74, 6) is 0.699. The van der Waals surface area contributed by atoms with Crippen molar-refractivity contribution in [3.63, 3.8) is 0 Å². The van der Waals surface area contributed by atoms with Crippen molar-refractivity contribution >= 4 is 11.3 Å². The largest absolute Gasteiger partial charge is 0.383 e. The fourth-order valence-electron chi connectivity index (χ4n) is 1.91. The fraction of sp³-hybridized carbons (Fsp3) is 0.769. The van der Waals surface area contributed by atoms with E-state index in [9.17, 15) is 0 Å². The van der Waals surface area contributed by atoms with Crippen LogP contribution in [0.1, 0.15) is 36.6 Å². The Morgan fingerprint density at radius 3 is 3.06 bits per heavy atom. The number of aromatic nitrogens is 1. The lowest BCUT2D eigenvalue weighted by Gasteiger charge is -2.12. The monoisotopic (exact) mass is 270 g/mol. The van der Waals surface area contributed by atoms with Crippen molar-refractivity contribution in [1.82, 2.24) is 10.3 Å². The Labute approximate surface area is 113 Å². The summed E-state index contributed by atoms with van der Waals surface area (Å²) in [5.41, 5.74) is 1.11. The quantitative estimate of drug-likeness (QED) is 0.700. The lowest BCUT2D eigenvalue weighted by atomic mass is 10.2. The summed E-state index contributed by atoms with van der Waals surface area (Å²) in [7, 11) is 1.71. The fourth-order valence-corrected chi connectivity index (χ4v) is 2.87. The number of methoxy groups -OCH3 is 1. The molecule has 0 saturated heterocycles. The molecule has 102 valence electrons. The van der Waals surface area contributed by atoms with Crippen LogP contribution in [-0.2, 0) is 16.0 Å². The summed E-state index contributed by atoms with van der Waals surface area (Å²) in [5, 5.41) is 6.58. The van der Waals surface area contributed by atoms with E-state index in [-0.39, 0.29) is 6.10 Å². The number of hydrogen-bond donors (Lipinski definition) is 1. The first-order valence-electron chi connectivity index (χ1n) is 6.60. The van der Waals surface area contributed by atoms with Crippen LogP contribution in [0.15, 0.2) is 5.38 Å². The van der Waals surface area contributed by atoms with Gasteiger partial charge in [0.1, 0.15) is 11.1 Å². The van der Waals surface area contributed by atoms with Crippen LogP contribution in [-0.4, -0.2) is 31.9 Å². The van der Waals surface area contributed by atoms with E-state index in [1.54, 1.807) is 18.4 Å². The minimum Gasteiger partial charge on any atom is -0.383 e. The van der Waals surface area contributed by atoms with Gasteiger partial charge in [0.25, 0.3) is 0 Å². The van der Waals surface area contributed by atoms with Crippen LogP contribution >= 0.6 is 11.3 Å². The van der Waals surface area contributed by atoms with E-state index in [1.807, 2.05) is 0 Å². The molecular formula is C13H22N2O2S. The highest BCUT2D eigenvalue weighted by molar-refractivity contribution is 7.09. The van der Waals surface area contributed by atoms with Crippen LogP contribution in [0.25, 0.3) is 0 Å². The van der Waals surface area contributed by atoms with Gasteiger partial charge < -0.3 is 14.8 Å². The van der Waals surface area contributed by atoms with Gasteiger partial charge in [0, 0.05) is 32.2 Å². The first kappa shape index (κ1) is 13.9. The minimum atomic E-state index is 0.229. The maximum Gasteiger partial charge on any atom is 0.122 e.